The predicted octanol–water partition coefficient (Wildman–Crippen LogP) is 2.99. The predicted molar refractivity (Wildman–Crippen MR) is 97.4 cm³/mol. The number of anilines is 2. The maximum atomic E-state index is 12.3. The van der Waals surface area contributed by atoms with Crippen molar-refractivity contribution in [3.8, 4) is 0 Å². The van der Waals surface area contributed by atoms with E-state index in [9.17, 15) is 19.2 Å². The third-order valence-electron chi connectivity index (χ3n) is 4.18. The number of carbonyl (C=O) groups is 4. The number of carbonyl (C=O) groups excluding carboxylic acids is 4. The van der Waals surface area contributed by atoms with E-state index in [2.05, 4.69) is 10.6 Å². The highest BCUT2D eigenvalue weighted by Gasteiger charge is 2.19. The van der Waals surface area contributed by atoms with Gasteiger partial charge in [0.05, 0.1) is 6.42 Å². The molecule has 1 aliphatic rings. The lowest BCUT2D eigenvalue weighted by atomic mass is 10.0. The maximum absolute atomic E-state index is 12.3. The largest absolute Gasteiger partial charge is 0.326 e. The Morgan fingerprint density at radius 1 is 1.04 bits per heavy atom. The summed E-state index contributed by atoms with van der Waals surface area (Å²) in [5.41, 5.74) is 3.06. The van der Waals surface area contributed by atoms with Crippen LogP contribution in [-0.4, -0.2) is 23.4 Å². The zero-order chi connectivity index (χ0) is 18.7. The van der Waals surface area contributed by atoms with Crippen molar-refractivity contribution in [1.29, 1.82) is 0 Å². The Balaban J connectivity index is 1.57. The lowest BCUT2D eigenvalue weighted by molar-refractivity contribution is -0.116. The van der Waals surface area contributed by atoms with E-state index >= 15 is 0 Å². The molecule has 0 atom stereocenters. The average Bonchev–Trinajstić information content (AvgIpc) is 2.99. The van der Waals surface area contributed by atoms with E-state index in [-0.39, 0.29) is 42.6 Å². The van der Waals surface area contributed by atoms with Crippen LogP contribution in [-0.2, 0) is 16.0 Å². The van der Waals surface area contributed by atoms with E-state index in [4.69, 9.17) is 0 Å². The summed E-state index contributed by atoms with van der Waals surface area (Å²) in [6.07, 6.45) is 0.374. The molecule has 0 saturated heterocycles. The highest BCUT2D eigenvalue weighted by molar-refractivity contribution is 6.03. The molecule has 0 bridgehead atoms. The van der Waals surface area contributed by atoms with Crippen LogP contribution in [0.5, 0.6) is 0 Å². The minimum atomic E-state index is -0.294. The minimum Gasteiger partial charge on any atom is -0.326 e. The van der Waals surface area contributed by atoms with Crippen molar-refractivity contribution in [2.75, 3.05) is 10.6 Å². The van der Waals surface area contributed by atoms with Crippen LogP contribution >= 0.6 is 0 Å². The van der Waals surface area contributed by atoms with Gasteiger partial charge in [0.1, 0.15) is 0 Å². The lowest BCUT2D eigenvalue weighted by Gasteiger charge is -2.07. The van der Waals surface area contributed by atoms with Gasteiger partial charge in [-0.3, -0.25) is 19.2 Å². The summed E-state index contributed by atoms with van der Waals surface area (Å²) in [5.74, 6) is -0.616. The monoisotopic (exact) mass is 350 g/mol. The van der Waals surface area contributed by atoms with E-state index in [1.165, 1.54) is 6.92 Å². The molecule has 6 nitrogen and oxygen atoms in total. The molecule has 2 aromatic rings. The van der Waals surface area contributed by atoms with Gasteiger partial charge >= 0.3 is 0 Å². The number of hydrogen-bond donors (Lipinski definition) is 2. The number of Topliss-reactive ketones (excluding diaryl/α,β-unsaturated/α-hetero) is 2. The first-order chi connectivity index (χ1) is 12.4. The van der Waals surface area contributed by atoms with E-state index in [1.807, 2.05) is 0 Å². The average molecular weight is 350 g/mol. The van der Waals surface area contributed by atoms with Gasteiger partial charge in [-0.05, 0) is 42.8 Å². The summed E-state index contributed by atoms with van der Waals surface area (Å²) in [6, 6.07) is 11.7. The second-order valence-electron chi connectivity index (χ2n) is 6.21. The van der Waals surface area contributed by atoms with Gasteiger partial charge in [-0.15, -0.1) is 0 Å². The van der Waals surface area contributed by atoms with Gasteiger partial charge in [0.2, 0.25) is 11.8 Å². The SMILES string of the molecule is CC(=O)c1cccc(NC(=O)CCC(=O)c2ccc3c(c2)CC(=O)N3)c1. The normalized spacial score (nSPS) is 12.3. The van der Waals surface area contributed by atoms with Crippen molar-refractivity contribution in [2.24, 2.45) is 0 Å². The number of amides is 2. The minimum absolute atomic E-state index is 0.0391. The van der Waals surface area contributed by atoms with Gasteiger partial charge in [-0.1, -0.05) is 12.1 Å². The molecule has 2 N–H and O–H groups in total. The molecule has 2 aromatic carbocycles. The molecule has 6 heteroatoms. The second kappa shape index (κ2) is 7.31. The highest BCUT2D eigenvalue weighted by Crippen LogP contribution is 2.24. The van der Waals surface area contributed by atoms with Crippen LogP contribution < -0.4 is 10.6 Å². The molecule has 0 saturated carbocycles. The quantitative estimate of drug-likeness (QED) is 0.784. The van der Waals surface area contributed by atoms with Crippen LogP contribution in [0.1, 0.15) is 46.0 Å². The highest BCUT2D eigenvalue weighted by atomic mass is 16.2. The summed E-state index contributed by atoms with van der Waals surface area (Å²) >= 11 is 0. The number of rotatable bonds is 6. The Morgan fingerprint density at radius 2 is 1.85 bits per heavy atom. The van der Waals surface area contributed by atoms with Crippen molar-refractivity contribution in [3.05, 3.63) is 59.2 Å². The molecular formula is C20H18N2O4. The molecule has 0 aliphatic carbocycles. The van der Waals surface area contributed by atoms with E-state index < -0.39 is 0 Å². The van der Waals surface area contributed by atoms with Gasteiger partial charge in [-0.25, -0.2) is 0 Å². The lowest BCUT2D eigenvalue weighted by Crippen LogP contribution is -2.14. The zero-order valence-corrected chi connectivity index (χ0v) is 14.3. The molecule has 0 radical (unpaired) electrons. The van der Waals surface area contributed by atoms with Crippen LogP contribution in [0.2, 0.25) is 0 Å². The van der Waals surface area contributed by atoms with Crippen LogP contribution in [0.15, 0.2) is 42.5 Å². The molecule has 0 aromatic heterocycles. The van der Waals surface area contributed by atoms with E-state index in [0.717, 1.165) is 11.3 Å². The molecule has 132 valence electrons. The molecule has 1 aliphatic heterocycles. The summed E-state index contributed by atoms with van der Waals surface area (Å²) in [4.78, 5) is 47.1. The molecule has 0 spiro atoms. The van der Waals surface area contributed by atoms with Gasteiger partial charge < -0.3 is 10.6 Å². The first-order valence-corrected chi connectivity index (χ1v) is 8.29. The molecule has 26 heavy (non-hydrogen) atoms. The molecule has 0 fully saturated rings. The van der Waals surface area contributed by atoms with Gasteiger partial charge in [0.25, 0.3) is 0 Å². The Morgan fingerprint density at radius 3 is 2.62 bits per heavy atom. The van der Waals surface area contributed by atoms with Crippen LogP contribution in [0.3, 0.4) is 0 Å². The Labute approximate surface area is 150 Å². The van der Waals surface area contributed by atoms with Crippen LogP contribution in [0, 0.1) is 0 Å². The fourth-order valence-corrected chi connectivity index (χ4v) is 2.81. The van der Waals surface area contributed by atoms with Crippen molar-refractivity contribution in [1.82, 2.24) is 0 Å². The van der Waals surface area contributed by atoms with E-state index in [0.29, 0.717) is 16.8 Å². The number of benzene rings is 2. The third-order valence-corrected chi connectivity index (χ3v) is 4.18. The van der Waals surface area contributed by atoms with Crippen molar-refractivity contribution >= 4 is 34.8 Å². The topological polar surface area (TPSA) is 92.3 Å². The number of fused-ring (bicyclic) bond motifs is 1. The standard InChI is InChI=1S/C20H18N2O4/c1-12(23)13-3-2-4-16(10-13)21-19(25)8-7-18(24)14-5-6-17-15(9-14)11-20(26)22-17/h2-6,9-10H,7-8,11H2,1H3,(H,21,25)(H,22,26). The van der Waals surface area contributed by atoms with Crippen molar-refractivity contribution in [3.63, 3.8) is 0 Å². The molecule has 3 rings (SSSR count). The van der Waals surface area contributed by atoms with Crippen molar-refractivity contribution in [2.45, 2.75) is 26.2 Å². The fourth-order valence-electron chi connectivity index (χ4n) is 2.81. The first-order valence-electron chi connectivity index (χ1n) is 8.29. The van der Waals surface area contributed by atoms with Gasteiger partial charge in [-0.2, -0.15) is 0 Å². The Kier molecular flexibility index (Phi) is 4.93. The first kappa shape index (κ1) is 17.5. The second-order valence-corrected chi connectivity index (χ2v) is 6.21. The summed E-state index contributed by atoms with van der Waals surface area (Å²) in [5, 5.41) is 5.41. The molecule has 2 amide bonds. The molecule has 0 unspecified atom stereocenters. The zero-order valence-electron chi connectivity index (χ0n) is 14.3. The number of ketones is 2. The smallest absolute Gasteiger partial charge is 0.228 e. The fraction of sp³-hybridized carbons (Fsp3) is 0.200. The molecular weight excluding hydrogens is 332 g/mol. The van der Waals surface area contributed by atoms with E-state index in [1.54, 1.807) is 42.5 Å². The Bertz CT molecular complexity index is 918. The number of nitrogens with one attached hydrogen (secondary N) is 2. The summed E-state index contributed by atoms with van der Waals surface area (Å²) in [6.45, 7) is 1.46. The Hall–Kier alpha value is -3.28. The van der Waals surface area contributed by atoms with Crippen molar-refractivity contribution < 1.29 is 19.2 Å². The maximum Gasteiger partial charge on any atom is 0.228 e. The van der Waals surface area contributed by atoms with Crippen LogP contribution in [0.25, 0.3) is 0 Å². The summed E-state index contributed by atoms with van der Waals surface area (Å²) in [7, 11) is 0. The molecule has 1 heterocycles. The third kappa shape index (κ3) is 4.03. The van der Waals surface area contributed by atoms with Crippen LogP contribution in [0.4, 0.5) is 11.4 Å². The summed E-state index contributed by atoms with van der Waals surface area (Å²) < 4.78 is 0. The van der Waals surface area contributed by atoms with Gasteiger partial charge in [0, 0.05) is 35.3 Å². The van der Waals surface area contributed by atoms with Gasteiger partial charge in [0.15, 0.2) is 11.6 Å². The number of hydrogen-bond acceptors (Lipinski definition) is 4.